The lowest BCUT2D eigenvalue weighted by atomic mass is 9.79. The molecule has 6 heteroatoms. The molecule has 154 valence electrons. The minimum Gasteiger partial charge on any atom is -0.493 e. The summed E-state index contributed by atoms with van der Waals surface area (Å²) in [7, 11) is 2.91. The molecule has 0 amide bonds. The first-order valence-electron chi connectivity index (χ1n) is 9.76. The highest BCUT2D eigenvalue weighted by Crippen LogP contribution is 2.47. The number of carbonyl (C=O) groups is 2. The molecule has 0 bridgehead atoms. The summed E-state index contributed by atoms with van der Waals surface area (Å²) in [6.45, 7) is 4.17. The van der Waals surface area contributed by atoms with E-state index in [1.165, 1.54) is 7.11 Å². The highest BCUT2D eigenvalue weighted by atomic mass is 16.5. The number of methoxy groups -OCH3 is 2. The number of Topliss-reactive ketones (excluding diaryl/α,β-unsaturated/α-hetero) is 1. The average Bonchev–Trinajstić information content (AvgIpc) is 3.04. The van der Waals surface area contributed by atoms with Gasteiger partial charge in [-0.3, -0.25) is 4.79 Å². The Labute approximate surface area is 175 Å². The van der Waals surface area contributed by atoms with E-state index >= 15 is 0 Å². The Morgan fingerprint density at radius 1 is 1.07 bits per heavy atom. The number of rotatable bonds is 5. The third-order valence-electron chi connectivity index (χ3n) is 5.48. The number of carbonyl (C=O) groups excluding carboxylic acids is 2. The van der Waals surface area contributed by atoms with Crippen LogP contribution in [-0.2, 0) is 9.53 Å². The zero-order valence-corrected chi connectivity index (χ0v) is 17.4. The van der Waals surface area contributed by atoms with Crippen LogP contribution in [-0.4, -0.2) is 32.6 Å². The van der Waals surface area contributed by atoms with Gasteiger partial charge in [-0.15, -0.1) is 0 Å². The van der Waals surface area contributed by atoms with Crippen LogP contribution in [0.2, 0.25) is 0 Å². The summed E-state index contributed by atoms with van der Waals surface area (Å²) in [5.74, 6) is -0.0123. The largest absolute Gasteiger partial charge is 0.493 e. The minimum atomic E-state index is -0.585. The molecule has 1 unspecified atom stereocenters. The van der Waals surface area contributed by atoms with Crippen LogP contribution >= 0.6 is 0 Å². The average molecular weight is 405 g/mol. The third kappa shape index (κ3) is 2.96. The predicted molar refractivity (Wildman–Crippen MR) is 112 cm³/mol. The highest BCUT2D eigenvalue weighted by Gasteiger charge is 2.42. The number of ether oxygens (including phenoxy) is 3. The lowest BCUT2D eigenvalue weighted by Crippen LogP contribution is -2.29. The number of nitrogens with one attached hydrogen (secondary N) is 1. The van der Waals surface area contributed by atoms with Crippen LogP contribution in [0.3, 0.4) is 0 Å². The van der Waals surface area contributed by atoms with Crippen LogP contribution in [0.5, 0.6) is 11.5 Å². The van der Waals surface area contributed by atoms with E-state index in [2.05, 4.69) is 5.32 Å². The molecule has 2 aromatic rings. The second kappa shape index (κ2) is 7.71. The number of ketones is 1. The van der Waals surface area contributed by atoms with Crippen molar-refractivity contribution in [2.75, 3.05) is 20.8 Å². The van der Waals surface area contributed by atoms with Gasteiger partial charge in [0.2, 0.25) is 0 Å². The molecule has 4 rings (SSSR count). The predicted octanol–water partition coefficient (Wildman–Crippen LogP) is 3.84. The van der Waals surface area contributed by atoms with Gasteiger partial charge in [-0.05, 0) is 31.5 Å². The Morgan fingerprint density at radius 2 is 1.80 bits per heavy atom. The van der Waals surface area contributed by atoms with Gasteiger partial charge in [-0.1, -0.05) is 30.3 Å². The molecule has 2 aliphatic rings. The molecule has 2 aromatic carbocycles. The van der Waals surface area contributed by atoms with Gasteiger partial charge in [0.05, 0.1) is 32.1 Å². The van der Waals surface area contributed by atoms with E-state index in [0.717, 1.165) is 16.8 Å². The quantitative estimate of drug-likeness (QED) is 0.762. The Balaban J connectivity index is 1.94. The summed E-state index contributed by atoms with van der Waals surface area (Å²) in [5, 5.41) is 3.27. The maximum absolute atomic E-state index is 13.4. The lowest BCUT2D eigenvalue weighted by molar-refractivity contribution is -0.136. The first kappa shape index (κ1) is 19.8. The van der Waals surface area contributed by atoms with E-state index in [1.807, 2.05) is 50.2 Å². The Hall–Kier alpha value is -3.54. The second-order valence-electron chi connectivity index (χ2n) is 7.09. The van der Waals surface area contributed by atoms with Gasteiger partial charge in [0, 0.05) is 28.3 Å². The fourth-order valence-electron chi connectivity index (χ4n) is 4.18. The van der Waals surface area contributed by atoms with Gasteiger partial charge in [0.25, 0.3) is 0 Å². The van der Waals surface area contributed by atoms with Crippen molar-refractivity contribution in [2.24, 2.45) is 0 Å². The van der Waals surface area contributed by atoms with Crippen molar-refractivity contribution in [1.82, 2.24) is 5.32 Å². The molecule has 1 N–H and O–H groups in total. The van der Waals surface area contributed by atoms with Crippen molar-refractivity contribution >= 4 is 17.4 Å². The lowest BCUT2D eigenvalue weighted by Gasteiger charge is -2.29. The monoisotopic (exact) mass is 405 g/mol. The first-order chi connectivity index (χ1) is 14.5. The minimum absolute atomic E-state index is 0.0965. The molecule has 1 aliphatic carbocycles. The standard InChI is InChI=1S/C24H23NO5/c1-5-30-18-12-14(10-11-17(18)28-3)20-19(24(27)29-4)13(2)25-22-15-8-6-7-9-16(15)23(26)21(20)22/h6-12,20,25H,5H2,1-4H3. The molecule has 6 nitrogen and oxygen atoms in total. The van der Waals surface area contributed by atoms with E-state index in [0.29, 0.717) is 40.5 Å². The Morgan fingerprint density at radius 3 is 2.47 bits per heavy atom. The van der Waals surface area contributed by atoms with Gasteiger partial charge >= 0.3 is 5.97 Å². The number of benzene rings is 2. The van der Waals surface area contributed by atoms with Crippen LogP contribution < -0.4 is 14.8 Å². The molecule has 1 atom stereocenters. The van der Waals surface area contributed by atoms with Crippen molar-refractivity contribution in [1.29, 1.82) is 0 Å². The van der Waals surface area contributed by atoms with Crippen molar-refractivity contribution in [2.45, 2.75) is 19.8 Å². The van der Waals surface area contributed by atoms with Crippen molar-refractivity contribution < 1.29 is 23.8 Å². The summed E-state index contributed by atoms with van der Waals surface area (Å²) < 4.78 is 16.2. The first-order valence-corrected chi connectivity index (χ1v) is 9.76. The van der Waals surface area contributed by atoms with Crippen LogP contribution in [0.25, 0.3) is 5.70 Å². The Kier molecular flexibility index (Phi) is 5.08. The van der Waals surface area contributed by atoms with Crippen molar-refractivity contribution in [3.05, 3.63) is 76.0 Å². The maximum atomic E-state index is 13.4. The molecule has 0 fully saturated rings. The van der Waals surface area contributed by atoms with Crippen LogP contribution in [0, 0.1) is 0 Å². The second-order valence-corrected chi connectivity index (χ2v) is 7.09. The van der Waals surface area contributed by atoms with Gasteiger partial charge in [0.1, 0.15) is 0 Å². The van der Waals surface area contributed by atoms with Gasteiger partial charge in [-0.25, -0.2) is 4.79 Å². The topological polar surface area (TPSA) is 73.9 Å². The van der Waals surface area contributed by atoms with E-state index in [9.17, 15) is 9.59 Å². The zero-order chi connectivity index (χ0) is 21.4. The normalized spacial score (nSPS) is 17.3. The highest BCUT2D eigenvalue weighted by molar-refractivity contribution is 6.23. The molecule has 1 heterocycles. The summed E-state index contributed by atoms with van der Waals surface area (Å²) >= 11 is 0. The van der Waals surface area contributed by atoms with Crippen LogP contribution in [0.1, 0.15) is 41.3 Å². The van der Waals surface area contributed by atoms with Crippen LogP contribution in [0.15, 0.2) is 59.3 Å². The van der Waals surface area contributed by atoms with Gasteiger partial charge < -0.3 is 19.5 Å². The van der Waals surface area contributed by atoms with Crippen LogP contribution in [0.4, 0.5) is 0 Å². The fourth-order valence-corrected chi connectivity index (χ4v) is 4.18. The van der Waals surface area contributed by atoms with Crippen molar-refractivity contribution in [3.8, 4) is 11.5 Å². The summed E-state index contributed by atoms with van der Waals surface area (Å²) in [4.78, 5) is 26.1. The van der Waals surface area contributed by atoms with E-state index in [-0.39, 0.29) is 5.78 Å². The smallest absolute Gasteiger partial charge is 0.336 e. The number of hydrogen-bond donors (Lipinski definition) is 1. The molecule has 0 radical (unpaired) electrons. The summed E-state index contributed by atoms with van der Waals surface area (Å²) in [6, 6.07) is 12.9. The molecule has 30 heavy (non-hydrogen) atoms. The molecular formula is C24H23NO5. The molecule has 0 saturated carbocycles. The summed E-state index contributed by atoms with van der Waals surface area (Å²) in [6.07, 6.45) is 0. The number of dihydropyridines is 1. The fraction of sp³-hybridized carbons (Fsp3) is 0.250. The maximum Gasteiger partial charge on any atom is 0.336 e. The number of hydrogen-bond acceptors (Lipinski definition) is 6. The Bertz CT molecular complexity index is 1110. The number of allylic oxidation sites excluding steroid dienone is 2. The van der Waals surface area contributed by atoms with E-state index < -0.39 is 11.9 Å². The zero-order valence-electron chi connectivity index (χ0n) is 17.4. The third-order valence-corrected chi connectivity index (χ3v) is 5.48. The SMILES string of the molecule is CCOc1cc(C2C(C(=O)OC)=C(C)NC3=C2C(=O)c2ccccc23)ccc1OC. The molecule has 0 aromatic heterocycles. The molecule has 0 saturated heterocycles. The van der Waals surface area contributed by atoms with E-state index in [1.54, 1.807) is 13.2 Å². The number of esters is 1. The summed E-state index contributed by atoms with van der Waals surface area (Å²) in [5.41, 5.74) is 4.55. The molecular weight excluding hydrogens is 382 g/mol. The molecule has 0 spiro atoms. The molecule has 1 aliphatic heterocycles. The number of fused-ring (bicyclic) bond motifs is 2. The van der Waals surface area contributed by atoms with Crippen molar-refractivity contribution in [3.63, 3.8) is 0 Å². The van der Waals surface area contributed by atoms with Gasteiger partial charge in [-0.2, -0.15) is 0 Å². The van der Waals surface area contributed by atoms with E-state index in [4.69, 9.17) is 14.2 Å². The van der Waals surface area contributed by atoms with Gasteiger partial charge in [0.15, 0.2) is 17.3 Å².